The van der Waals surface area contributed by atoms with E-state index in [0.29, 0.717) is 13.0 Å². The fourth-order valence-corrected chi connectivity index (χ4v) is 3.68. The van der Waals surface area contributed by atoms with Gasteiger partial charge in [0.2, 0.25) is 0 Å². The van der Waals surface area contributed by atoms with Gasteiger partial charge in [-0.1, -0.05) is 66.7 Å². The fraction of sp³-hybridized carbons (Fsp3) is 0.182. The molecule has 0 unspecified atom stereocenters. The summed E-state index contributed by atoms with van der Waals surface area (Å²) < 4.78 is 0. The van der Waals surface area contributed by atoms with Crippen molar-refractivity contribution >= 4 is 22.8 Å². The fourth-order valence-electron chi connectivity index (χ4n) is 3.68. The third-order valence-electron chi connectivity index (χ3n) is 5.03. The Labute approximate surface area is 163 Å². The quantitative estimate of drug-likeness (QED) is 0.419. The molecule has 0 aliphatic heterocycles. The number of benzene rings is 3. The maximum atomic E-state index is 12.3. The van der Waals surface area contributed by atoms with Crippen molar-refractivity contribution in [2.75, 3.05) is 0 Å². The number of aliphatic hydroxyl groups is 1. The second kappa shape index (κ2) is 7.70. The van der Waals surface area contributed by atoms with Crippen LogP contribution in [-0.4, -0.2) is 23.2 Å². The SMILES string of the molecule is NC(=NCc1cccc2ccccc12)NC(=O)N[C@H]1c2ccccc2C[C@H]1O. The highest BCUT2D eigenvalue weighted by Gasteiger charge is 2.31. The maximum absolute atomic E-state index is 12.3. The monoisotopic (exact) mass is 374 g/mol. The number of nitrogens with zero attached hydrogens (tertiary/aromatic N) is 1. The Morgan fingerprint density at radius 1 is 1.07 bits per heavy atom. The topological polar surface area (TPSA) is 99.7 Å². The molecule has 0 radical (unpaired) electrons. The lowest BCUT2D eigenvalue weighted by atomic mass is 10.1. The number of carbonyl (C=O) groups is 1. The van der Waals surface area contributed by atoms with Gasteiger partial charge >= 0.3 is 6.03 Å². The van der Waals surface area contributed by atoms with Crippen LogP contribution in [0.5, 0.6) is 0 Å². The van der Waals surface area contributed by atoms with Gasteiger partial charge in [-0.2, -0.15) is 0 Å². The molecule has 0 fully saturated rings. The van der Waals surface area contributed by atoms with Crippen LogP contribution in [0.4, 0.5) is 4.79 Å². The van der Waals surface area contributed by atoms with Crippen LogP contribution in [0.2, 0.25) is 0 Å². The summed E-state index contributed by atoms with van der Waals surface area (Å²) in [5.41, 5.74) is 8.88. The van der Waals surface area contributed by atoms with Gasteiger partial charge in [-0.15, -0.1) is 0 Å². The van der Waals surface area contributed by atoms with E-state index in [1.165, 1.54) is 0 Å². The van der Waals surface area contributed by atoms with Gasteiger partial charge in [0.05, 0.1) is 18.7 Å². The number of rotatable bonds is 3. The largest absolute Gasteiger partial charge is 0.390 e. The molecule has 3 aromatic rings. The van der Waals surface area contributed by atoms with Gasteiger partial charge in [-0.25, -0.2) is 9.79 Å². The van der Waals surface area contributed by atoms with E-state index in [-0.39, 0.29) is 5.96 Å². The first-order valence-corrected chi connectivity index (χ1v) is 9.22. The zero-order valence-electron chi connectivity index (χ0n) is 15.3. The van der Waals surface area contributed by atoms with Gasteiger partial charge in [0.25, 0.3) is 0 Å². The van der Waals surface area contributed by atoms with Crippen LogP contribution in [0.15, 0.2) is 71.7 Å². The molecule has 142 valence electrons. The van der Waals surface area contributed by atoms with Crippen molar-refractivity contribution in [3.8, 4) is 0 Å². The van der Waals surface area contributed by atoms with Crippen LogP contribution in [0, 0.1) is 0 Å². The molecule has 1 aliphatic rings. The highest BCUT2D eigenvalue weighted by atomic mass is 16.3. The first-order valence-electron chi connectivity index (χ1n) is 9.22. The maximum Gasteiger partial charge on any atom is 0.322 e. The van der Waals surface area contributed by atoms with Crippen molar-refractivity contribution in [3.63, 3.8) is 0 Å². The summed E-state index contributed by atoms with van der Waals surface area (Å²) in [6.45, 7) is 0.363. The zero-order valence-corrected chi connectivity index (χ0v) is 15.3. The number of urea groups is 1. The minimum Gasteiger partial charge on any atom is -0.390 e. The average molecular weight is 374 g/mol. The number of hydrogen-bond donors (Lipinski definition) is 4. The van der Waals surface area contributed by atoms with Crippen LogP contribution < -0.4 is 16.4 Å². The van der Waals surface area contributed by atoms with E-state index in [2.05, 4.69) is 15.6 Å². The first-order chi connectivity index (χ1) is 13.6. The summed E-state index contributed by atoms with van der Waals surface area (Å²) in [5, 5.41) is 17.8. The van der Waals surface area contributed by atoms with E-state index in [1.807, 2.05) is 66.7 Å². The Balaban J connectivity index is 1.41. The molecule has 0 saturated heterocycles. The molecule has 2 atom stereocenters. The number of guanidine groups is 1. The zero-order chi connectivity index (χ0) is 19.5. The Bertz CT molecular complexity index is 1040. The third kappa shape index (κ3) is 3.68. The molecular weight excluding hydrogens is 352 g/mol. The Morgan fingerprint density at radius 3 is 2.71 bits per heavy atom. The number of nitrogens with one attached hydrogen (secondary N) is 2. The van der Waals surface area contributed by atoms with E-state index in [0.717, 1.165) is 27.5 Å². The minimum atomic E-state index is -0.656. The molecule has 6 heteroatoms. The molecule has 1 aliphatic carbocycles. The number of nitrogens with two attached hydrogens (primary N) is 1. The normalized spacial score (nSPS) is 18.7. The van der Waals surface area contributed by atoms with Gasteiger partial charge in [-0.3, -0.25) is 5.32 Å². The molecule has 6 nitrogen and oxygen atoms in total. The number of carbonyl (C=O) groups excluding carboxylic acids is 1. The molecule has 28 heavy (non-hydrogen) atoms. The smallest absolute Gasteiger partial charge is 0.322 e. The highest BCUT2D eigenvalue weighted by Crippen LogP contribution is 2.31. The molecule has 3 aromatic carbocycles. The van der Waals surface area contributed by atoms with E-state index in [4.69, 9.17) is 5.73 Å². The van der Waals surface area contributed by atoms with Gasteiger partial charge in [0, 0.05) is 6.42 Å². The number of aliphatic imine (C=N–C) groups is 1. The predicted octanol–water partition coefficient (Wildman–Crippen LogP) is 2.61. The van der Waals surface area contributed by atoms with Crippen molar-refractivity contribution in [1.82, 2.24) is 10.6 Å². The molecule has 0 saturated carbocycles. The predicted molar refractivity (Wildman–Crippen MR) is 110 cm³/mol. The summed E-state index contributed by atoms with van der Waals surface area (Å²) in [6, 6.07) is 20.8. The van der Waals surface area contributed by atoms with Crippen LogP contribution in [-0.2, 0) is 13.0 Å². The van der Waals surface area contributed by atoms with Gasteiger partial charge in [0.15, 0.2) is 5.96 Å². The molecular formula is C22H22N4O2. The van der Waals surface area contributed by atoms with E-state index in [9.17, 15) is 9.90 Å². The first kappa shape index (κ1) is 18.0. The molecule has 0 bridgehead atoms. The van der Waals surface area contributed by atoms with Crippen molar-refractivity contribution in [2.24, 2.45) is 10.7 Å². The molecule has 0 spiro atoms. The summed E-state index contributed by atoms with van der Waals surface area (Å²) in [4.78, 5) is 16.6. The summed E-state index contributed by atoms with van der Waals surface area (Å²) in [5.74, 6) is 0.0335. The number of fused-ring (bicyclic) bond motifs is 2. The highest BCUT2D eigenvalue weighted by molar-refractivity contribution is 5.95. The van der Waals surface area contributed by atoms with Gasteiger partial charge in [0.1, 0.15) is 0 Å². The molecule has 0 heterocycles. The summed E-state index contributed by atoms with van der Waals surface area (Å²) >= 11 is 0. The number of aliphatic hydroxyl groups excluding tert-OH is 1. The average Bonchev–Trinajstić information content (AvgIpc) is 3.01. The van der Waals surface area contributed by atoms with Crippen LogP contribution in [0.3, 0.4) is 0 Å². The second-order valence-corrected chi connectivity index (χ2v) is 6.89. The van der Waals surface area contributed by atoms with Crippen molar-refractivity contribution < 1.29 is 9.90 Å². The lowest BCUT2D eigenvalue weighted by Crippen LogP contribution is -2.46. The third-order valence-corrected chi connectivity index (χ3v) is 5.03. The number of hydrogen-bond acceptors (Lipinski definition) is 3. The molecule has 2 amide bonds. The van der Waals surface area contributed by atoms with Crippen molar-refractivity contribution in [3.05, 3.63) is 83.4 Å². The van der Waals surface area contributed by atoms with Gasteiger partial charge < -0.3 is 16.2 Å². The second-order valence-electron chi connectivity index (χ2n) is 6.89. The molecule has 0 aromatic heterocycles. The number of amides is 2. The Hall–Kier alpha value is -3.38. The summed E-state index contributed by atoms with van der Waals surface area (Å²) in [7, 11) is 0. The summed E-state index contributed by atoms with van der Waals surface area (Å²) in [6.07, 6.45) is -0.136. The van der Waals surface area contributed by atoms with Crippen LogP contribution in [0.25, 0.3) is 10.8 Å². The minimum absolute atomic E-state index is 0.0335. The van der Waals surface area contributed by atoms with E-state index in [1.54, 1.807) is 0 Å². The van der Waals surface area contributed by atoms with Crippen molar-refractivity contribution in [2.45, 2.75) is 25.1 Å². The van der Waals surface area contributed by atoms with Crippen LogP contribution in [0.1, 0.15) is 22.7 Å². The molecule has 5 N–H and O–H groups in total. The Kier molecular flexibility index (Phi) is 4.95. The van der Waals surface area contributed by atoms with E-state index < -0.39 is 18.2 Å². The lowest BCUT2D eigenvalue weighted by Gasteiger charge is -2.18. The van der Waals surface area contributed by atoms with E-state index >= 15 is 0 Å². The lowest BCUT2D eigenvalue weighted by molar-refractivity contribution is 0.143. The van der Waals surface area contributed by atoms with Crippen molar-refractivity contribution in [1.29, 1.82) is 0 Å². The van der Waals surface area contributed by atoms with Gasteiger partial charge in [-0.05, 0) is 27.5 Å². The molecule has 4 rings (SSSR count). The standard InChI is InChI=1S/C22H22N4O2/c23-21(24-13-16-9-5-8-14-6-1-3-10-17(14)16)26-22(28)25-20-18-11-4-2-7-15(18)12-19(20)27/h1-11,19-20,27H,12-13H2,(H4,23,24,25,26,28)/t19-,20+/m1/s1. The Morgan fingerprint density at radius 2 is 1.82 bits per heavy atom. The van der Waals surface area contributed by atoms with Crippen LogP contribution >= 0.6 is 0 Å².